The van der Waals surface area contributed by atoms with Gasteiger partial charge in [0, 0.05) is 24.7 Å². The first-order chi connectivity index (χ1) is 8.99. The van der Waals surface area contributed by atoms with Crippen LogP contribution < -0.4 is 4.90 Å². The minimum Gasteiger partial charge on any atom is -0.393 e. The fourth-order valence-electron chi connectivity index (χ4n) is 2.26. The Hall–Kier alpha value is -1.95. The first-order valence-electron chi connectivity index (χ1n) is 6.21. The van der Waals surface area contributed by atoms with Crippen LogP contribution in [0.4, 0.5) is 11.4 Å². The molecule has 0 saturated carbocycles. The van der Waals surface area contributed by atoms with Gasteiger partial charge in [0.2, 0.25) is 0 Å². The quantitative estimate of drug-likeness (QED) is 0.511. The molecule has 1 aromatic carbocycles. The van der Waals surface area contributed by atoms with Crippen LogP contribution in [0, 0.1) is 10.1 Å². The molecule has 6 nitrogen and oxygen atoms in total. The molecule has 0 aliphatic carbocycles. The lowest BCUT2D eigenvalue weighted by atomic mass is 10.0. The summed E-state index contributed by atoms with van der Waals surface area (Å²) in [6.07, 6.45) is 0.879. The van der Waals surface area contributed by atoms with Crippen LogP contribution in [0.25, 0.3) is 0 Å². The minimum atomic E-state index is -0.465. The largest absolute Gasteiger partial charge is 0.393 e. The Morgan fingerprint density at radius 1 is 1.42 bits per heavy atom. The molecule has 0 aromatic heterocycles. The van der Waals surface area contributed by atoms with Crippen molar-refractivity contribution >= 4 is 17.2 Å². The molecule has 0 bridgehead atoms. The van der Waals surface area contributed by atoms with Crippen LogP contribution in [0.2, 0.25) is 0 Å². The van der Waals surface area contributed by atoms with Crippen LogP contribution in [0.1, 0.15) is 30.1 Å². The van der Waals surface area contributed by atoms with Crippen LogP contribution in [0.15, 0.2) is 18.2 Å². The SMILES string of the molecule is CC(=O)c1ccc(N2CCC(O)CC2)c([N+](=O)[O-])c1. The number of benzene rings is 1. The van der Waals surface area contributed by atoms with Crippen molar-refractivity contribution in [1.82, 2.24) is 0 Å². The molecule has 1 aromatic rings. The average Bonchev–Trinajstić information content (AvgIpc) is 2.38. The average molecular weight is 264 g/mol. The molecule has 1 heterocycles. The lowest BCUT2D eigenvalue weighted by molar-refractivity contribution is -0.384. The highest BCUT2D eigenvalue weighted by Crippen LogP contribution is 2.31. The summed E-state index contributed by atoms with van der Waals surface area (Å²) < 4.78 is 0. The van der Waals surface area contributed by atoms with Gasteiger partial charge in [-0.2, -0.15) is 0 Å². The van der Waals surface area contributed by atoms with Crippen molar-refractivity contribution in [3.05, 3.63) is 33.9 Å². The fourth-order valence-corrected chi connectivity index (χ4v) is 2.26. The first-order valence-corrected chi connectivity index (χ1v) is 6.21. The molecule has 1 fully saturated rings. The number of carbonyl (C=O) groups excluding carboxylic acids is 1. The highest BCUT2D eigenvalue weighted by Gasteiger charge is 2.24. The standard InChI is InChI=1S/C13H16N2O4/c1-9(16)10-2-3-12(13(8-10)15(18)19)14-6-4-11(17)5-7-14/h2-3,8,11,17H,4-7H2,1H3. The second-order valence-electron chi connectivity index (χ2n) is 4.74. The highest BCUT2D eigenvalue weighted by molar-refractivity contribution is 5.95. The van der Waals surface area contributed by atoms with Gasteiger partial charge in [0.05, 0.1) is 11.0 Å². The van der Waals surface area contributed by atoms with Gasteiger partial charge in [-0.3, -0.25) is 14.9 Å². The van der Waals surface area contributed by atoms with Crippen molar-refractivity contribution in [1.29, 1.82) is 0 Å². The zero-order valence-corrected chi connectivity index (χ0v) is 10.7. The first kappa shape index (κ1) is 13.5. The van der Waals surface area contributed by atoms with Gasteiger partial charge in [-0.25, -0.2) is 0 Å². The Kier molecular flexibility index (Phi) is 3.80. The summed E-state index contributed by atoms with van der Waals surface area (Å²) in [4.78, 5) is 23.8. The maximum absolute atomic E-state index is 11.3. The molecule has 19 heavy (non-hydrogen) atoms. The summed E-state index contributed by atoms with van der Waals surface area (Å²) in [6, 6.07) is 4.55. The van der Waals surface area contributed by atoms with E-state index in [4.69, 9.17) is 0 Å². The molecule has 6 heteroatoms. The van der Waals surface area contributed by atoms with Crippen molar-refractivity contribution in [2.45, 2.75) is 25.9 Å². The number of anilines is 1. The lowest BCUT2D eigenvalue weighted by Crippen LogP contribution is -2.36. The molecule has 1 N–H and O–H groups in total. The summed E-state index contributed by atoms with van der Waals surface area (Å²) >= 11 is 0. The predicted molar refractivity (Wildman–Crippen MR) is 70.6 cm³/mol. The number of piperidine rings is 1. The topological polar surface area (TPSA) is 83.7 Å². The smallest absolute Gasteiger partial charge is 0.293 e. The number of carbonyl (C=O) groups is 1. The van der Waals surface area contributed by atoms with Gasteiger partial charge in [0.1, 0.15) is 5.69 Å². The number of aliphatic hydroxyl groups excluding tert-OH is 1. The van der Waals surface area contributed by atoms with Crippen LogP contribution in [0.5, 0.6) is 0 Å². The normalized spacial score (nSPS) is 16.4. The number of Topliss-reactive ketones (excluding diaryl/α,β-unsaturated/α-hetero) is 1. The Morgan fingerprint density at radius 3 is 2.58 bits per heavy atom. The number of nitro groups is 1. The Morgan fingerprint density at radius 2 is 2.05 bits per heavy atom. The maximum Gasteiger partial charge on any atom is 0.293 e. The van der Waals surface area contributed by atoms with Crippen LogP contribution in [0.3, 0.4) is 0 Å². The Balaban J connectivity index is 2.34. The summed E-state index contributed by atoms with van der Waals surface area (Å²) in [5.74, 6) is -0.191. The van der Waals surface area contributed by atoms with Gasteiger partial charge in [-0.05, 0) is 31.9 Å². The molecule has 0 amide bonds. The summed E-state index contributed by atoms with van der Waals surface area (Å²) in [6.45, 7) is 2.55. The van der Waals surface area contributed by atoms with E-state index < -0.39 is 4.92 Å². The summed E-state index contributed by atoms with van der Waals surface area (Å²) in [5, 5.41) is 20.6. The molecule has 0 atom stereocenters. The van der Waals surface area contributed by atoms with E-state index in [2.05, 4.69) is 0 Å². The minimum absolute atomic E-state index is 0.0518. The lowest BCUT2D eigenvalue weighted by Gasteiger charge is -2.31. The highest BCUT2D eigenvalue weighted by atomic mass is 16.6. The van der Waals surface area contributed by atoms with E-state index in [1.165, 1.54) is 13.0 Å². The monoisotopic (exact) mass is 264 g/mol. The molecule has 0 spiro atoms. The van der Waals surface area contributed by atoms with Crippen molar-refractivity contribution in [3.8, 4) is 0 Å². The molecule has 0 radical (unpaired) electrons. The number of aliphatic hydroxyl groups is 1. The van der Waals surface area contributed by atoms with Gasteiger partial charge >= 0.3 is 0 Å². The van der Waals surface area contributed by atoms with Gasteiger partial charge in [-0.15, -0.1) is 0 Å². The van der Waals surface area contributed by atoms with Gasteiger partial charge in [0.25, 0.3) is 5.69 Å². The molecule has 102 valence electrons. The van der Waals surface area contributed by atoms with E-state index in [1.54, 1.807) is 12.1 Å². The van der Waals surface area contributed by atoms with E-state index in [0.717, 1.165) is 0 Å². The van der Waals surface area contributed by atoms with Crippen LogP contribution in [-0.4, -0.2) is 35.0 Å². The fraction of sp³-hybridized carbons (Fsp3) is 0.462. The van der Waals surface area contributed by atoms with Crippen LogP contribution >= 0.6 is 0 Å². The zero-order chi connectivity index (χ0) is 14.0. The van der Waals surface area contributed by atoms with Crippen LogP contribution in [-0.2, 0) is 0 Å². The van der Waals surface area contributed by atoms with E-state index in [0.29, 0.717) is 37.2 Å². The second kappa shape index (κ2) is 5.36. The van der Waals surface area contributed by atoms with Crippen molar-refractivity contribution in [2.75, 3.05) is 18.0 Å². The number of nitrogens with zero attached hydrogens (tertiary/aromatic N) is 2. The number of rotatable bonds is 3. The molecule has 1 saturated heterocycles. The van der Waals surface area contributed by atoms with Gasteiger partial charge < -0.3 is 10.0 Å². The zero-order valence-electron chi connectivity index (χ0n) is 10.7. The number of ketones is 1. The number of hydrogen-bond acceptors (Lipinski definition) is 5. The third-order valence-electron chi connectivity index (χ3n) is 3.38. The molecular weight excluding hydrogens is 248 g/mol. The van der Waals surface area contributed by atoms with Gasteiger partial charge in [0.15, 0.2) is 5.78 Å². The predicted octanol–water partition coefficient (Wildman–Crippen LogP) is 1.76. The van der Waals surface area contributed by atoms with Crippen molar-refractivity contribution < 1.29 is 14.8 Å². The summed E-state index contributed by atoms with van der Waals surface area (Å²) in [5.41, 5.74) is 0.804. The summed E-state index contributed by atoms with van der Waals surface area (Å²) in [7, 11) is 0. The molecule has 0 unspecified atom stereocenters. The van der Waals surface area contributed by atoms with Crippen molar-refractivity contribution in [3.63, 3.8) is 0 Å². The number of nitro benzene ring substituents is 1. The molecule has 1 aliphatic rings. The molecular formula is C13H16N2O4. The molecule has 1 aliphatic heterocycles. The second-order valence-corrected chi connectivity index (χ2v) is 4.74. The Labute approximate surface area is 110 Å². The van der Waals surface area contributed by atoms with Gasteiger partial charge in [-0.1, -0.05) is 0 Å². The molecule has 2 rings (SSSR count). The van der Waals surface area contributed by atoms with E-state index >= 15 is 0 Å². The van der Waals surface area contributed by atoms with E-state index in [1.807, 2.05) is 4.90 Å². The maximum atomic E-state index is 11.3. The number of hydrogen-bond donors (Lipinski definition) is 1. The van der Waals surface area contributed by atoms with E-state index in [-0.39, 0.29) is 17.6 Å². The third-order valence-corrected chi connectivity index (χ3v) is 3.38. The van der Waals surface area contributed by atoms with Crippen molar-refractivity contribution in [2.24, 2.45) is 0 Å². The third kappa shape index (κ3) is 2.90. The Bertz CT molecular complexity index is 507. The van der Waals surface area contributed by atoms with E-state index in [9.17, 15) is 20.0 Å².